The van der Waals surface area contributed by atoms with E-state index in [0.29, 0.717) is 11.4 Å². The highest BCUT2D eigenvalue weighted by Gasteiger charge is 2.15. The van der Waals surface area contributed by atoms with Crippen LogP contribution in [0, 0.1) is 6.92 Å². The zero-order chi connectivity index (χ0) is 18.2. The van der Waals surface area contributed by atoms with Gasteiger partial charge in [0, 0.05) is 25.2 Å². The summed E-state index contributed by atoms with van der Waals surface area (Å²) in [4.78, 5) is 17.7. The molecular formula is C21H23N3OS. The molecule has 3 aromatic rings. The molecule has 0 aliphatic carbocycles. The molecule has 0 spiro atoms. The summed E-state index contributed by atoms with van der Waals surface area (Å²) in [5.74, 6) is -0.0287. The van der Waals surface area contributed by atoms with Crippen LogP contribution in [-0.4, -0.2) is 24.0 Å². The third-order valence-corrected chi connectivity index (χ3v) is 5.14. The Hall–Kier alpha value is -2.66. The number of nitrogens with one attached hydrogen (secondary N) is 2. The highest BCUT2D eigenvalue weighted by molar-refractivity contribution is 7.13. The summed E-state index contributed by atoms with van der Waals surface area (Å²) in [5, 5.41) is 7.31. The topological polar surface area (TPSA) is 54.0 Å². The predicted octanol–water partition coefficient (Wildman–Crippen LogP) is 4.27. The third-order valence-electron chi connectivity index (χ3n) is 3.99. The van der Waals surface area contributed by atoms with E-state index in [1.807, 2.05) is 55.5 Å². The van der Waals surface area contributed by atoms with Crippen LogP contribution in [0.25, 0.3) is 0 Å². The Kier molecular flexibility index (Phi) is 6.39. The molecule has 26 heavy (non-hydrogen) atoms. The number of rotatable bonds is 8. The number of nitrogens with zero attached hydrogens (tertiary/aromatic N) is 1. The molecule has 0 saturated carbocycles. The van der Waals surface area contributed by atoms with Gasteiger partial charge in [0.15, 0.2) is 0 Å². The van der Waals surface area contributed by atoms with Gasteiger partial charge in [0.25, 0.3) is 5.91 Å². The first-order chi connectivity index (χ1) is 12.7. The van der Waals surface area contributed by atoms with Crippen molar-refractivity contribution in [1.29, 1.82) is 0 Å². The first-order valence-electron chi connectivity index (χ1n) is 8.80. The molecular weight excluding hydrogens is 342 g/mol. The van der Waals surface area contributed by atoms with Gasteiger partial charge in [-0.05, 0) is 31.0 Å². The number of hydrogen-bond acceptors (Lipinski definition) is 4. The highest BCUT2D eigenvalue weighted by atomic mass is 32.1. The van der Waals surface area contributed by atoms with Crippen LogP contribution in [0.1, 0.15) is 32.4 Å². The highest BCUT2D eigenvalue weighted by Crippen LogP contribution is 2.20. The monoisotopic (exact) mass is 365 g/mol. The fourth-order valence-corrected chi connectivity index (χ4v) is 3.68. The Morgan fingerprint density at radius 2 is 1.69 bits per heavy atom. The second-order valence-corrected chi connectivity index (χ2v) is 7.17. The van der Waals surface area contributed by atoms with Crippen molar-refractivity contribution >= 4 is 22.9 Å². The number of thiazole rings is 1. The Morgan fingerprint density at radius 3 is 2.42 bits per heavy atom. The van der Waals surface area contributed by atoms with Crippen molar-refractivity contribution in [2.75, 3.05) is 18.4 Å². The molecule has 0 aliphatic heterocycles. The zero-order valence-corrected chi connectivity index (χ0v) is 15.7. The standard InChI is InChI=1S/C21H23N3OS/c1-16-20(26-19(24-16)15-17-9-4-2-5-10-17)21(25)23-14-8-13-22-18-11-6-3-7-12-18/h2-7,9-12,22H,8,13-15H2,1H3,(H,23,25). The summed E-state index contributed by atoms with van der Waals surface area (Å²) in [7, 11) is 0. The number of para-hydroxylation sites is 1. The van der Waals surface area contributed by atoms with Crippen LogP contribution < -0.4 is 10.6 Å². The summed E-state index contributed by atoms with van der Waals surface area (Å²) < 4.78 is 0. The maximum Gasteiger partial charge on any atom is 0.263 e. The Morgan fingerprint density at radius 1 is 1.00 bits per heavy atom. The molecule has 0 saturated heterocycles. The molecule has 134 valence electrons. The number of hydrogen-bond donors (Lipinski definition) is 2. The van der Waals surface area contributed by atoms with Crippen molar-refractivity contribution in [1.82, 2.24) is 10.3 Å². The quantitative estimate of drug-likeness (QED) is 0.586. The van der Waals surface area contributed by atoms with Crippen molar-refractivity contribution in [3.63, 3.8) is 0 Å². The third kappa shape index (κ3) is 5.17. The second-order valence-electron chi connectivity index (χ2n) is 6.09. The number of carbonyl (C=O) groups is 1. The van der Waals surface area contributed by atoms with Crippen LogP contribution in [0.3, 0.4) is 0 Å². The van der Waals surface area contributed by atoms with Gasteiger partial charge in [-0.1, -0.05) is 48.5 Å². The number of aryl methyl sites for hydroxylation is 1. The molecule has 4 nitrogen and oxygen atoms in total. The van der Waals surface area contributed by atoms with Crippen molar-refractivity contribution < 1.29 is 4.79 Å². The molecule has 1 aromatic heterocycles. The minimum atomic E-state index is -0.0287. The molecule has 0 unspecified atom stereocenters. The van der Waals surface area contributed by atoms with E-state index in [9.17, 15) is 4.79 Å². The maximum atomic E-state index is 12.4. The van der Waals surface area contributed by atoms with Crippen molar-refractivity contribution in [3.8, 4) is 0 Å². The Labute approximate surface area is 158 Å². The van der Waals surface area contributed by atoms with Gasteiger partial charge in [0.2, 0.25) is 0 Å². The molecule has 0 atom stereocenters. The number of benzene rings is 2. The van der Waals surface area contributed by atoms with Gasteiger partial charge in [0.1, 0.15) is 4.88 Å². The van der Waals surface area contributed by atoms with Crippen LogP contribution in [0.15, 0.2) is 60.7 Å². The Balaban J connectivity index is 1.45. The van der Waals surface area contributed by atoms with Gasteiger partial charge in [-0.25, -0.2) is 4.98 Å². The first-order valence-corrected chi connectivity index (χ1v) is 9.61. The molecule has 1 heterocycles. The molecule has 2 N–H and O–H groups in total. The fraction of sp³-hybridized carbons (Fsp3) is 0.238. The van der Waals surface area contributed by atoms with Gasteiger partial charge in [-0.2, -0.15) is 0 Å². The summed E-state index contributed by atoms with van der Waals surface area (Å²) in [6.07, 6.45) is 1.63. The number of aromatic nitrogens is 1. The summed E-state index contributed by atoms with van der Waals surface area (Å²) in [6, 6.07) is 20.3. The number of amides is 1. The number of anilines is 1. The van der Waals surface area contributed by atoms with Gasteiger partial charge < -0.3 is 10.6 Å². The lowest BCUT2D eigenvalue weighted by Crippen LogP contribution is -2.25. The molecule has 3 rings (SSSR count). The van der Waals surface area contributed by atoms with E-state index in [4.69, 9.17) is 0 Å². The molecule has 0 aliphatic rings. The number of carbonyl (C=O) groups excluding carboxylic acids is 1. The lowest BCUT2D eigenvalue weighted by molar-refractivity contribution is 0.0957. The van der Waals surface area contributed by atoms with Gasteiger partial charge in [0.05, 0.1) is 10.7 Å². The molecule has 0 fully saturated rings. The van der Waals surface area contributed by atoms with E-state index in [0.717, 1.165) is 35.8 Å². The van der Waals surface area contributed by atoms with E-state index in [-0.39, 0.29) is 5.91 Å². The fourth-order valence-electron chi connectivity index (χ4n) is 2.67. The average molecular weight is 366 g/mol. The van der Waals surface area contributed by atoms with Crippen molar-refractivity contribution in [3.05, 3.63) is 81.8 Å². The molecule has 2 aromatic carbocycles. The largest absolute Gasteiger partial charge is 0.385 e. The van der Waals surface area contributed by atoms with E-state index in [1.165, 1.54) is 16.9 Å². The van der Waals surface area contributed by atoms with Gasteiger partial charge >= 0.3 is 0 Å². The lowest BCUT2D eigenvalue weighted by atomic mass is 10.2. The van der Waals surface area contributed by atoms with Gasteiger partial charge in [-0.3, -0.25) is 4.79 Å². The average Bonchev–Trinajstić information content (AvgIpc) is 3.03. The summed E-state index contributed by atoms with van der Waals surface area (Å²) in [6.45, 7) is 3.37. The van der Waals surface area contributed by atoms with Crippen LogP contribution in [-0.2, 0) is 6.42 Å². The van der Waals surface area contributed by atoms with Crippen LogP contribution in [0.4, 0.5) is 5.69 Å². The molecule has 0 bridgehead atoms. The second kappa shape index (κ2) is 9.15. The van der Waals surface area contributed by atoms with Gasteiger partial charge in [-0.15, -0.1) is 11.3 Å². The maximum absolute atomic E-state index is 12.4. The van der Waals surface area contributed by atoms with Crippen LogP contribution in [0.2, 0.25) is 0 Å². The van der Waals surface area contributed by atoms with E-state index >= 15 is 0 Å². The van der Waals surface area contributed by atoms with Crippen LogP contribution in [0.5, 0.6) is 0 Å². The van der Waals surface area contributed by atoms with E-state index in [1.54, 1.807) is 0 Å². The van der Waals surface area contributed by atoms with Crippen LogP contribution >= 0.6 is 11.3 Å². The van der Waals surface area contributed by atoms with Crippen molar-refractivity contribution in [2.45, 2.75) is 19.8 Å². The first kappa shape index (κ1) is 18.1. The lowest BCUT2D eigenvalue weighted by Gasteiger charge is -2.07. The van der Waals surface area contributed by atoms with Crippen molar-refractivity contribution in [2.24, 2.45) is 0 Å². The summed E-state index contributed by atoms with van der Waals surface area (Å²) in [5.41, 5.74) is 3.11. The molecule has 5 heteroatoms. The predicted molar refractivity (Wildman–Crippen MR) is 108 cm³/mol. The minimum Gasteiger partial charge on any atom is -0.385 e. The SMILES string of the molecule is Cc1nc(Cc2ccccc2)sc1C(=O)NCCCNc1ccccc1. The normalized spacial score (nSPS) is 10.5. The Bertz CT molecular complexity index is 831. The minimum absolute atomic E-state index is 0.0287. The zero-order valence-electron chi connectivity index (χ0n) is 14.9. The summed E-state index contributed by atoms with van der Waals surface area (Å²) >= 11 is 1.48. The van der Waals surface area contributed by atoms with E-state index in [2.05, 4.69) is 27.8 Å². The molecule has 0 radical (unpaired) electrons. The smallest absolute Gasteiger partial charge is 0.263 e. The van der Waals surface area contributed by atoms with E-state index < -0.39 is 0 Å². The molecule has 1 amide bonds.